The SMILES string of the molecule is CCCCCCCC/C=C\CCCCCCCC(=O)OC(COC(=O)CCCCCCCCCCCCCC)COC1OC(CO)C(O)C(O)C1O. The van der Waals surface area contributed by atoms with E-state index < -0.39 is 49.4 Å². The summed E-state index contributed by atoms with van der Waals surface area (Å²) in [4.78, 5) is 25.2. The van der Waals surface area contributed by atoms with Gasteiger partial charge >= 0.3 is 11.9 Å². The number of unbranched alkanes of at least 4 members (excludes halogenated alkanes) is 22. The van der Waals surface area contributed by atoms with Crippen LogP contribution in [-0.4, -0.2) is 89.0 Å². The number of allylic oxidation sites excluding steroid dienone is 2. The fraction of sp³-hybridized carbons (Fsp3) is 0.905. The van der Waals surface area contributed by atoms with Crippen LogP contribution < -0.4 is 0 Å². The Bertz CT molecular complexity index is 866. The maximum absolute atomic E-state index is 12.7. The molecule has 52 heavy (non-hydrogen) atoms. The van der Waals surface area contributed by atoms with Crippen LogP contribution in [0.5, 0.6) is 0 Å². The van der Waals surface area contributed by atoms with Crippen LogP contribution in [0.3, 0.4) is 0 Å². The predicted molar refractivity (Wildman–Crippen MR) is 206 cm³/mol. The Morgan fingerprint density at radius 3 is 1.50 bits per heavy atom. The van der Waals surface area contributed by atoms with E-state index in [-0.39, 0.29) is 32.0 Å². The first-order chi connectivity index (χ1) is 25.3. The molecular weight excluding hydrogens is 664 g/mol. The fourth-order valence-electron chi connectivity index (χ4n) is 6.48. The standard InChI is InChI=1S/C42H78O10/c1-3-5-7-9-11-13-15-17-18-19-21-23-25-27-29-31-38(45)51-35(34-50-42-41(48)40(47)39(46)36(32-43)52-42)33-49-37(44)30-28-26-24-22-20-16-14-12-10-8-6-4-2/h17-18,35-36,39-43,46-48H,3-16,19-34H2,1-2H3/b18-17-. The molecule has 306 valence electrons. The summed E-state index contributed by atoms with van der Waals surface area (Å²) in [5.74, 6) is -0.810. The third-order valence-corrected chi connectivity index (χ3v) is 9.90. The normalized spacial score (nSPS) is 21.1. The van der Waals surface area contributed by atoms with E-state index in [4.69, 9.17) is 18.9 Å². The highest BCUT2D eigenvalue weighted by Crippen LogP contribution is 2.22. The van der Waals surface area contributed by atoms with Crippen molar-refractivity contribution in [3.63, 3.8) is 0 Å². The first kappa shape index (κ1) is 48.5. The summed E-state index contributed by atoms with van der Waals surface area (Å²) in [5.41, 5.74) is 0. The maximum atomic E-state index is 12.7. The van der Waals surface area contributed by atoms with Gasteiger partial charge in [-0.05, 0) is 38.5 Å². The van der Waals surface area contributed by atoms with Crippen molar-refractivity contribution < 1.29 is 49.0 Å². The highest BCUT2D eigenvalue weighted by atomic mass is 16.7. The van der Waals surface area contributed by atoms with Gasteiger partial charge in [0.05, 0.1) is 13.2 Å². The van der Waals surface area contributed by atoms with E-state index in [1.165, 1.54) is 103 Å². The molecule has 0 aromatic heterocycles. The van der Waals surface area contributed by atoms with Crippen LogP contribution in [-0.2, 0) is 28.5 Å². The molecule has 0 aromatic carbocycles. The Labute approximate surface area is 316 Å². The Morgan fingerprint density at radius 2 is 1.02 bits per heavy atom. The van der Waals surface area contributed by atoms with Crippen molar-refractivity contribution >= 4 is 11.9 Å². The van der Waals surface area contributed by atoms with E-state index in [2.05, 4.69) is 26.0 Å². The van der Waals surface area contributed by atoms with Gasteiger partial charge in [-0.25, -0.2) is 0 Å². The van der Waals surface area contributed by atoms with Gasteiger partial charge in [0.2, 0.25) is 0 Å². The van der Waals surface area contributed by atoms with E-state index in [0.717, 1.165) is 51.4 Å². The summed E-state index contributed by atoms with van der Waals surface area (Å²) >= 11 is 0. The lowest BCUT2D eigenvalue weighted by Gasteiger charge is -2.39. The first-order valence-corrected chi connectivity index (χ1v) is 21.3. The van der Waals surface area contributed by atoms with Crippen LogP contribution >= 0.6 is 0 Å². The summed E-state index contributed by atoms with van der Waals surface area (Å²) in [6, 6.07) is 0. The molecule has 10 heteroatoms. The van der Waals surface area contributed by atoms with Gasteiger partial charge in [-0.3, -0.25) is 9.59 Å². The number of rotatable bonds is 35. The Hall–Kier alpha value is -1.56. The van der Waals surface area contributed by atoms with Gasteiger partial charge in [0.1, 0.15) is 31.0 Å². The lowest BCUT2D eigenvalue weighted by atomic mass is 9.99. The molecule has 4 N–H and O–H groups in total. The first-order valence-electron chi connectivity index (χ1n) is 21.3. The molecule has 0 radical (unpaired) electrons. The van der Waals surface area contributed by atoms with E-state index in [1.54, 1.807) is 0 Å². The van der Waals surface area contributed by atoms with Gasteiger partial charge in [-0.15, -0.1) is 0 Å². The molecule has 1 rings (SSSR count). The average molecular weight is 743 g/mol. The molecule has 0 aliphatic carbocycles. The molecule has 0 aromatic rings. The minimum absolute atomic E-state index is 0.216. The molecule has 1 fully saturated rings. The molecule has 0 bridgehead atoms. The topological polar surface area (TPSA) is 152 Å². The van der Waals surface area contributed by atoms with Crippen LogP contribution in [0.4, 0.5) is 0 Å². The van der Waals surface area contributed by atoms with Crippen molar-refractivity contribution in [1.82, 2.24) is 0 Å². The summed E-state index contributed by atoms with van der Waals surface area (Å²) in [6.45, 7) is 3.41. The van der Waals surface area contributed by atoms with Crippen molar-refractivity contribution in [1.29, 1.82) is 0 Å². The molecule has 0 spiro atoms. The van der Waals surface area contributed by atoms with Crippen LogP contribution in [0, 0.1) is 0 Å². The molecule has 0 amide bonds. The lowest BCUT2D eigenvalue weighted by Crippen LogP contribution is -2.59. The Balaban J connectivity index is 2.36. The molecule has 1 heterocycles. The average Bonchev–Trinajstić information content (AvgIpc) is 3.14. The second-order valence-electron chi connectivity index (χ2n) is 14.8. The highest BCUT2D eigenvalue weighted by Gasteiger charge is 2.44. The van der Waals surface area contributed by atoms with Crippen molar-refractivity contribution in [3.05, 3.63) is 12.2 Å². The van der Waals surface area contributed by atoms with E-state index >= 15 is 0 Å². The predicted octanol–water partition coefficient (Wildman–Crippen LogP) is 8.39. The summed E-state index contributed by atoms with van der Waals surface area (Å²) in [5, 5.41) is 40.0. The van der Waals surface area contributed by atoms with Crippen LogP contribution in [0.25, 0.3) is 0 Å². The summed E-state index contributed by atoms with van der Waals surface area (Å²) < 4.78 is 22.1. The Morgan fingerprint density at radius 1 is 0.577 bits per heavy atom. The van der Waals surface area contributed by atoms with Gasteiger partial charge in [0, 0.05) is 12.8 Å². The number of hydrogen-bond donors (Lipinski definition) is 4. The summed E-state index contributed by atoms with van der Waals surface area (Å²) in [6.07, 6.45) is 26.4. The Kier molecular flexibility index (Phi) is 31.7. The lowest BCUT2D eigenvalue weighted by molar-refractivity contribution is -0.305. The zero-order valence-electron chi connectivity index (χ0n) is 33.1. The zero-order chi connectivity index (χ0) is 38.1. The van der Waals surface area contributed by atoms with Gasteiger partial charge < -0.3 is 39.4 Å². The van der Waals surface area contributed by atoms with E-state index in [1.807, 2.05) is 0 Å². The molecule has 6 unspecified atom stereocenters. The van der Waals surface area contributed by atoms with Crippen molar-refractivity contribution in [3.8, 4) is 0 Å². The number of carbonyl (C=O) groups is 2. The monoisotopic (exact) mass is 743 g/mol. The number of esters is 2. The molecule has 0 saturated carbocycles. The second kappa shape index (κ2) is 34.0. The summed E-state index contributed by atoms with van der Waals surface area (Å²) in [7, 11) is 0. The fourth-order valence-corrected chi connectivity index (χ4v) is 6.48. The molecule has 1 aliphatic rings. The number of aliphatic hydroxyl groups excluding tert-OH is 4. The van der Waals surface area contributed by atoms with Crippen molar-refractivity contribution in [2.24, 2.45) is 0 Å². The van der Waals surface area contributed by atoms with E-state index in [0.29, 0.717) is 6.42 Å². The largest absolute Gasteiger partial charge is 0.462 e. The second-order valence-corrected chi connectivity index (χ2v) is 14.8. The number of aliphatic hydroxyl groups is 4. The van der Waals surface area contributed by atoms with Crippen molar-refractivity contribution in [2.45, 2.75) is 224 Å². The third-order valence-electron chi connectivity index (χ3n) is 9.90. The number of carbonyl (C=O) groups excluding carboxylic acids is 2. The molecule has 1 aliphatic heterocycles. The highest BCUT2D eigenvalue weighted by molar-refractivity contribution is 5.70. The number of ether oxygens (including phenoxy) is 4. The van der Waals surface area contributed by atoms with Gasteiger partial charge in [-0.2, -0.15) is 0 Å². The maximum Gasteiger partial charge on any atom is 0.306 e. The molecule has 6 atom stereocenters. The van der Waals surface area contributed by atoms with Crippen LogP contribution in [0.2, 0.25) is 0 Å². The minimum atomic E-state index is -1.59. The van der Waals surface area contributed by atoms with Crippen molar-refractivity contribution in [2.75, 3.05) is 19.8 Å². The van der Waals surface area contributed by atoms with Crippen LogP contribution in [0.1, 0.15) is 187 Å². The zero-order valence-corrected chi connectivity index (χ0v) is 33.1. The van der Waals surface area contributed by atoms with Gasteiger partial charge in [0.15, 0.2) is 12.4 Å². The van der Waals surface area contributed by atoms with Crippen LogP contribution in [0.15, 0.2) is 12.2 Å². The molecule has 1 saturated heterocycles. The van der Waals surface area contributed by atoms with E-state index in [9.17, 15) is 30.0 Å². The smallest absolute Gasteiger partial charge is 0.306 e. The quantitative estimate of drug-likeness (QED) is 0.0283. The molecule has 10 nitrogen and oxygen atoms in total. The van der Waals surface area contributed by atoms with Gasteiger partial charge in [0.25, 0.3) is 0 Å². The molecular formula is C42H78O10. The third kappa shape index (κ3) is 25.5. The number of hydrogen-bond acceptors (Lipinski definition) is 10. The van der Waals surface area contributed by atoms with Gasteiger partial charge in [-0.1, -0.05) is 148 Å². The minimum Gasteiger partial charge on any atom is -0.462 e.